The van der Waals surface area contributed by atoms with Crippen molar-refractivity contribution in [2.24, 2.45) is 51.6 Å². The Balaban J connectivity index is 0.000000148. The van der Waals surface area contributed by atoms with E-state index in [1.165, 1.54) is 36.5 Å². The van der Waals surface area contributed by atoms with E-state index in [1.807, 2.05) is 108 Å². The molecule has 0 unspecified atom stereocenters. The monoisotopic (exact) mass is 1900 g/mol. The van der Waals surface area contributed by atoms with Crippen molar-refractivity contribution in [2.75, 3.05) is 77.2 Å². The van der Waals surface area contributed by atoms with Gasteiger partial charge < -0.3 is 104 Å². The van der Waals surface area contributed by atoms with E-state index >= 15 is 0 Å². The first-order valence-electron chi connectivity index (χ1n) is 46.2. The quantitative estimate of drug-likeness (QED) is 0.0538. The molecule has 20 rings (SSSR count). The van der Waals surface area contributed by atoms with Gasteiger partial charge in [-0.3, -0.25) is 0 Å². The Labute approximate surface area is 810 Å². The third-order valence-corrected chi connectivity index (χ3v) is 24.8. The molecule has 0 fully saturated rings. The number of aryl methyl sites for hydroxylation is 7. The molecule has 10 aromatic rings. The lowest BCUT2D eigenvalue weighted by molar-refractivity contribution is 0.158. The molecule has 10 aliphatic rings. The van der Waals surface area contributed by atoms with Crippen molar-refractivity contribution in [3.8, 4) is 63.2 Å². The lowest BCUT2D eigenvalue weighted by Crippen LogP contribution is -2.12. The first-order valence-corrected chi connectivity index (χ1v) is 46.2. The van der Waals surface area contributed by atoms with Gasteiger partial charge in [0.15, 0.2) is 0 Å². The molecule has 0 amide bonds. The van der Waals surface area contributed by atoms with E-state index in [0.29, 0.717) is 59.2 Å². The Morgan fingerprint density at radius 2 is 0.597 bits per heavy atom. The number of fused-ring (bicyclic) bond motifs is 10. The molecule has 9 aliphatic carbocycles. The smallest absolute Gasteiger partial charge is 0.135 e. The van der Waals surface area contributed by atoms with Gasteiger partial charge in [0.2, 0.25) is 0 Å². The Morgan fingerprint density at radius 3 is 1.12 bits per heavy atom. The molecule has 1 heterocycles. The normalized spacial score (nSPS) is 17.3. The molecule has 734 valence electrons. The van der Waals surface area contributed by atoms with Gasteiger partial charge in [0.05, 0.1) is 51.4 Å². The maximum Gasteiger partial charge on any atom is 0.135 e. The van der Waals surface area contributed by atoms with Crippen LogP contribution in [0.1, 0.15) is 217 Å². The Hall–Kier alpha value is -15.3. The van der Waals surface area contributed by atoms with Crippen molar-refractivity contribution in [1.82, 2.24) is 0 Å². The van der Waals surface area contributed by atoms with E-state index in [1.54, 1.807) is 135 Å². The van der Waals surface area contributed by atoms with Crippen LogP contribution in [0, 0.1) is 34.6 Å². The van der Waals surface area contributed by atoms with Gasteiger partial charge >= 0.3 is 0 Å². The zero-order valence-corrected chi connectivity index (χ0v) is 81.6. The fourth-order valence-electron chi connectivity index (χ4n) is 18.1. The number of nitrogens with zero attached hydrogens (tertiary/aromatic N) is 10. The minimum atomic E-state index is 0.242. The number of hydrogen-bond acceptors (Lipinski definition) is 31. The molecule has 31 heteroatoms. The second kappa shape index (κ2) is 51.0. The van der Waals surface area contributed by atoms with Crippen LogP contribution in [0.25, 0.3) is 0 Å². The maximum absolute atomic E-state index is 9.71. The van der Waals surface area contributed by atoms with E-state index in [9.17, 15) is 51.1 Å². The zero-order valence-electron chi connectivity index (χ0n) is 81.6. The third kappa shape index (κ3) is 26.7. The highest BCUT2D eigenvalue weighted by molar-refractivity contribution is 6.10. The average Bonchev–Trinajstić information content (AvgIpc) is 1.61. The molecular weight excluding hydrogens is 1770 g/mol. The minimum absolute atomic E-state index is 0.242. The first kappa shape index (κ1) is 104. The van der Waals surface area contributed by atoms with Gasteiger partial charge in [0, 0.05) is 72.3 Å². The summed E-state index contributed by atoms with van der Waals surface area (Å²) in [4.78, 5) is 47.9. The number of ether oxygens (including phenoxy) is 1. The van der Waals surface area contributed by atoms with Gasteiger partial charge in [-0.15, -0.1) is 0 Å². The fraction of sp³-hybridized carbons (Fsp3) is 0.352. The number of benzene rings is 10. The number of phenols is 10. The van der Waals surface area contributed by atoms with Gasteiger partial charge in [0.25, 0.3) is 0 Å². The second-order valence-electron chi connectivity index (χ2n) is 33.6. The number of hydrogen-bond donors (Lipinski definition) is 10. The predicted octanol–water partition coefficient (Wildman–Crippen LogP) is 19.4. The van der Waals surface area contributed by atoms with E-state index in [0.717, 1.165) is 303 Å². The van der Waals surface area contributed by atoms with Gasteiger partial charge in [0.1, 0.15) is 146 Å². The molecule has 0 bridgehead atoms. The SMILES string of the molecule is CCO/N=C1\COc2c1ccc(O)c2C.CO/N=C1\CCCc2c(O)cccc21.CO/N=C1\CCCc2cc(O)ccc21.CO/N=C1\CCCc2ccc(O)cc21.CO/N=C1\CCc2c(C)c(O)cc(C)c21.CO/N=C1\CCc2c(O)cccc21.CO/N=C1\CCc2c1ccc(O)c2C.CO/N=C1\CCc2cc(O)c(C)cc21.CO/N=C1\CCc2cc(O)ccc21.CO/N=C1\CCc2ccc(O)cc21. The third-order valence-electron chi connectivity index (χ3n) is 24.8. The second-order valence-corrected chi connectivity index (χ2v) is 33.6. The Bertz CT molecular complexity index is 6290. The maximum atomic E-state index is 9.71. The van der Waals surface area contributed by atoms with E-state index in [4.69, 9.17) is 53.1 Å². The highest BCUT2D eigenvalue weighted by Gasteiger charge is 2.30. The topological polar surface area (TPSA) is 427 Å². The molecule has 0 atom stereocenters. The lowest BCUT2D eigenvalue weighted by Gasteiger charge is -2.17. The molecule has 139 heavy (non-hydrogen) atoms. The predicted molar refractivity (Wildman–Crippen MR) is 539 cm³/mol. The van der Waals surface area contributed by atoms with Crippen molar-refractivity contribution in [1.29, 1.82) is 0 Å². The van der Waals surface area contributed by atoms with E-state index in [-0.39, 0.29) is 17.2 Å². The molecule has 0 aromatic heterocycles. The highest BCUT2D eigenvalue weighted by atomic mass is 16.6. The van der Waals surface area contributed by atoms with E-state index < -0.39 is 0 Å². The Morgan fingerprint density at radius 1 is 0.245 bits per heavy atom. The summed E-state index contributed by atoms with van der Waals surface area (Å²) < 4.78 is 5.45. The summed E-state index contributed by atoms with van der Waals surface area (Å²) in [6, 6.07) is 45.2. The number of phenolic OH excluding ortho intramolecular Hbond substituents is 10. The van der Waals surface area contributed by atoms with Crippen LogP contribution in [0.2, 0.25) is 0 Å². The Kier molecular flexibility index (Phi) is 38.3. The molecule has 0 spiro atoms. The van der Waals surface area contributed by atoms with Crippen LogP contribution >= 0.6 is 0 Å². The highest BCUT2D eigenvalue weighted by Crippen LogP contribution is 2.40. The van der Waals surface area contributed by atoms with Crippen LogP contribution in [0.4, 0.5) is 0 Å². The molecule has 0 radical (unpaired) electrons. The summed E-state index contributed by atoms with van der Waals surface area (Å²) in [5, 5.41) is 134. The summed E-state index contributed by atoms with van der Waals surface area (Å²) >= 11 is 0. The zero-order chi connectivity index (χ0) is 99.8. The fourth-order valence-corrected chi connectivity index (χ4v) is 18.1. The minimum Gasteiger partial charge on any atom is -0.508 e. The summed E-state index contributed by atoms with van der Waals surface area (Å²) in [6.07, 6.45) is 19.9. The molecule has 0 saturated heterocycles. The van der Waals surface area contributed by atoms with Gasteiger partial charge in [-0.05, 0) is 353 Å². The van der Waals surface area contributed by atoms with Gasteiger partial charge in [-0.2, -0.15) is 0 Å². The van der Waals surface area contributed by atoms with E-state index in [2.05, 4.69) is 51.6 Å². The standard InChI is InChI=1S/C12H15NO2.C11H13NO3.5C11H13NO2.3C10H11NO2/c1-7-6-11(14)8(2)9-4-5-10(12(7)9)13-15-3;1-3-15-12-9-6-14-11-7(2)10(13)5-4-8(9)11;1-7-8-3-5-10(12-14-2)9(8)4-6-11(7)13;1-7-5-9-8(6-11(7)13)3-4-10(9)12-14-2;1-14-12-10-6-2-5-9-8(10)4-3-7-11(9)13;1-14-12-11-4-2-3-8-7-9(13)5-6-10(8)11;1-14-12-11-4-2-3-8-5-6-9(13)7-10(8)11;1-13-11-10-5-2-7-6-8(12)3-4-9(7)10;1-13-11-10-5-3-7-2-4-8(12)6-9(7)10;1-13-11-9-6-5-8-7(9)3-2-4-10(8)12/h6,14H,4-5H2,1-3H3;4-5,13H,3,6H2,1-2H3;4,6,13H,3,5H2,1-2H3;5-6,13H,3-4H2,1-2H3;3-4,7,13H,2,5-6H2,1H3;2*5-7,13H,2-4H2,1H3;3-4,6,12H,2,5H2,1H3;2,4,6,12H,3,5H2,1H3;2-4,12H,5-6H2,1H3/b13-10+;12-9+;3*12-10+;2*12-11+;2*11-10+;11-9+. The van der Waals surface area contributed by atoms with Crippen molar-refractivity contribution < 1.29 is 104 Å². The molecule has 31 nitrogen and oxygen atoms in total. The molecule has 10 aromatic carbocycles. The van der Waals surface area contributed by atoms with Crippen LogP contribution < -0.4 is 4.74 Å². The van der Waals surface area contributed by atoms with Crippen molar-refractivity contribution in [3.63, 3.8) is 0 Å². The van der Waals surface area contributed by atoms with Crippen LogP contribution in [0.15, 0.2) is 203 Å². The number of rotatable bonds is 11. The average molecular weight is 1900 g/mol. The van der Waals surface area contributed by atoms with Crippen molar-refractivity contribution in [2.45, 2.75) is 176 Å². The van der Waals surface area contributed by atoms with Crippen molar-refractivity contribution >= 4 is 57.1 Å². The first-order chi connectivity index (χ1) is 67.2. The number of aromatic hydroxyl groups is 10. The summed E-state index contributed by atoms with van der Waals surface area (Å²) in [5.41, 5.74) is 34.9. The summed E-state index contributed by atoms with van der Waals surface area (Å²) in [7, 11) is 13.9. The van der Waals surface area contributed by atoms with Crippen LogP contribution in [-0.4, -0.2) is 185 Å². The van der Waals surface area contributed by atoms with Crippen molar-refractivity contribution in [3.05, 3.63) is 285 Å². The van der Waals surface area contributed by atoms with Gasteiger partial charge in [-0.1, -0.05) is 88.0 Å². The summed E-state index contributed by atoms with van der Waals surface area (Å²) in [5.74, 6) is 3.98. The molecule has 0 saturated carbocycles. The lowest BCUT2D eigenvalue weighted by atomic mass is 9.89. The molecule has 1 aliphatic heterocycles. The molecule has 10 N–H and O–H groups in total. The van der Waals surface area contributed by atoms with Crippen LogP contribution in [0.3, 0.4) is 0 Å². The van der Waals surface area contributed by atoms with Crippen LogP contribution in [0.5, 0.6) is 63.2 Å². The number of oxime groups is 10. The van der Waals surface area contributed by atoms with Crippen LogP contribution in [-0.2, 0) is 106 Å². The molecular formula is C108H126N10O21. The van der Waals surface area contributed by atoms with Gasteiger partial charge in [-0.25, -0.2) is 0 Å². The largest absolute Gasteiger partial charge is 0.508 e. The summed E-state index contributed by atoms with van der Waals surface area (Å²) in [6.45, 7) is 12.4.